The molecular formula is C17H16FN3O5S2. The van der Waals surface area contributed by atoms with Crippen molar-refractivity contribution in [1.29, 1.82) is 0 Å². The van der Waals surface area contributed by atoms with E-state index in [-0.39, 0.29) is 21.4 Å². The number of aromatic nitrogens is 1. The van der Waals surface area contributed by atoms with Crippen molar-refractivity contribution >= 4 is 31.6 Å². The Morgan fingerprint density at radius 3 is 1.82 bits per heavy atom. The number of hydrogen-bond acceptors (Lipinski definition) is 6. The SMILES string of the molecule is Cc1noc(NS(=O)(=O)c2ccc(NS(=O)(=O)c3ccc(F)cc3)cc2)c1C. The molecule has 148 valence electrons. The number of benzene rings is 2. The van der Waals surface area contributed by atoms with Crippen LogP contribution >= 0.6 is 0 Å². The van der Waals surface area contributed by atoms with E-state index >= 15 is 0 Å². The van der Waals surface area contributed by atoms with Gasteiger partial charge in [-0.1, -0.05) is 5.16 Å². The molecule has 0 radical (unpaired) electrons. The molecule has 2 aromatic carbocycles. The van der Waals surface area contributed by atoms with Crippen LogP contribution in [0.1, 0.15) is 11.3 Å². The van der Waals surface area contributed by atoms with Crippen molar-refractivity contribution in [2.45, 2.75) is 23.6 Å². The quantitative estimate of drug-likeness (QED) is 0.627. The van der Waals surface area contributed by atoms with E-state index in [0.717, 1.165) is 24.3 Å². The van der Waals surface area contributed by atoms with Gasteiger partial charge >= 0.3 is 0 Å². The zero-order valence-electron chi connectivity index (χ0n) is 14.8. The van der Waals surface area contributed by atoms with Gasteiger partial charge in [0.2, 0.25) is 5.88 Å². The summed E-state index contributed by atoms with van der Waals surface area (Å²) in [6.45, 7) is 3.34. The highest BCUT2D eigenvalue weighted by molar-refractivity contribution is 7.93. The normalized spacial score (nSPS) is 12.0. The predicted octanol–water partition coefficient (Wildman–Crippen LogP) is 3.03. The Hall–Kier alpha value is -2.92. The summed E-state index contributed by atoms with van der Waals surface area (Å²) in [7, 11) is -7.88. The molecule has 1 aromatic heterocycles. The summed E-state index contributed by atoms with van der Waals surface area (Å²) >= 11 is 0. The number of rotatable bonds is 6. The van der Waals surface area contributed by atoms with Crippen LogP contribution in [0.5, 0.6) is 0 Å². The Morgan fingerprint density at radius 1 is 0.821 bits per heavy atom. The van der Waals surface area contributed by atoms with Crippen LogP contribution in [-0.2, 0) is 20.0 Å². The molecule has 0 aliphatic heterocycles. The van der Waals surface area contributed by atoms with Gasteiger partial charge in [-0.15, -0.1) is 0 Å². The molecule has 0 fully saturated rings. The van der Waals surface area contributed by atoms with Gasteiger partial charge in [0.05, 0.1) is 15.5 Å². The fraction of sp³-hybridized carbons (Fsp3) is 0.118. The van der Waals surface area contributed by atoms with Crippen molar-refractivity contribution in [1.82, 2.24) is 5.16 Å². The summed E-state index contributed by atoms with van der Waals surface area (Å²) < 4.78 is 71.9. The van der Waals surface area contributed by atoms with Crippen LogP contribution in [-0.4, -0.2) is 22.0 Å². The minimum absolute atomic E-state index is 0.0126. The Morgan fingerprint density at radius 2 is 1.32 bits per heavy atom. The molecule has 0 amide bonds. The third-order valence-electron chi connectivity index (χ3n) is 3.92. The third kappa shape index (κ3) is 4.15. The van der Waals surface area contributed by atoms with Crippen LogP contribution in [0.4, 0.5) is 16.0 Å². The van der Waals surface area contributed by atoms with Crippen LogP contribution in [0.15, 0.2) is 62.8 Å². The van der Waals surface area contributed by atoms with Crippen molar-refractivity contribution in [2.75, 3.05) is 9.44 Å². The topological polar surface area (TPSA) is 118 Å². The van der Waals surface area contributed by atoms with Crippen LogP contribution in [0, 0.1) is 19.7 Å². The molecule has 0 atom stereocenters. The van der Waals surface area contributed by atoms with Gasteiger partial charge in [-0.05, 0) is 62.4 Å². The van der Waals surface area contributed by atoms with E-state index in [9.17, 15) is 21.2 Å². The van der Waals surface area contributed by atoms with Gasteiger partial charge in [-0.3, -0.25) is 4.72 Å². The first kappa shape index (κ1) is 19.8. The van der Waals surface area contributed by atoms with Gasteiger partial charge in [-0.25, -0.2) is 25.9 Å². The first-order valence-electron chi connectivity index (χ1n) is 7.93. The summed E-state index contributed by atoms with van der Waals surface area (Å²) in [4.78, 5) is -0.214. The number of anilines is 2. The van der Waals surface area contributed by atoms with E-state index in [0.29, 0.717) is 11.3 Å². The molecule has 2 N–H and O–H groups in total. The van der Waals surface area contributed by atoms with Crippen LogP contribution in [0.3, 0.4) is 0 Å². The fourth-order valence-corrected chi connectivity index (χ4v) is 4.33. The average Bonchev–Trinajstić information content (AvgIpc) is 2.94. The molecule has 3 aromatic rings. The number of halogens is 1. The number of aryl methyl sites for hydroxylation is 1. The molecule has 0 bridgehead atoms. The molecule has 8 nitrogen and oxygen atoms in total. The smallest absolute Gasteiger partial charge is 0.264 e. The first-order valence-corrected chi connectivity index (χ1v) is 10.9. The largest absolute Gasteiger partial charge is 0.337 e. The van der Waals surface area contributed by atoms with Crippen molar-refractivity contribution < 1.29 is 25.7 Å². The summed E-state index contributed by atoms with van der Waals surface area (Å²) in [5.41, 5.74) is 1.27. The molecule has 28 heavy (non-hydrogen) atoms. The molecule has 3 rings (SSSR count). The van der Waals surface area contributed by atoms with E-state index in [2.05, 4.69) is 14.6 Å². The highest BCUT2D eigenvalue weighted by Gasteiger charge is 2.20. The molecule has 0 saturated heterocycles. The molecule has 0 saturated carbocycles. The number of nitrogens with zero attached hydrogens (tertiary/aromatic N) is 1. The summed E-state index contributed by atoms with van der Waals surface area (Å²) in [5.74, 6) is -0.545. The number of nitrogens with one attached hydrogen (secondary N) is 2. The van der Waals surface area contributed by atoms with Crippen molar-refractivity contribution in [3.63, 3.8) is 0 Å². The maximum absolute atomic E-state index is 13.0. The molecule has 1 heterocycles. The molecule has 0 spiro atoms. The second-order valence-corrected chi connectivity index (χ2v) is 9.28. The van der Waals surface area contributed by atoms with E-state index < -0.39 is 25.9 Å². The first-order chi connectivity index (χ1) is 13.1. The third-order valence-corrected chi connectivity index (χ3v) is 6.67. The second-order valence-electron chi connectivity index (χ2n) is 5.91. The zero-order chi connectivity index (χ0) is 20.5. The number of sulfonamides is 2. The zero-order valence-corrected chi connectivity index (χ0v) is 16.4. The van der Waals surface area contributed by atoms with Gasteiger partial charge in [0, 0.05) is 11.3 Å². The highest BCUT2D eigenvalue weighted by Crippen LogP contribution is 2.23. The lowest BCUT2D eigenvalue weighted by molar-refractivity contribution is 0.430. The molecule has 0 aliphatic rings. The van der Waals surface area contributed by atoms with E-state index in [4.69, 9.17) is 4.52 Å². The maximum Gasteiger partial charge on any atom is 0.264 e. The molecular weight excluding hydrogens is 409 g/mol. The van der Waals surface area contributed by atoms with Crippen molar-refractivity contribution in [3.8, 4) is 0 Å². The molecule has 0 unspecified atom stereocenters. The van der Waals surface area contributed by atoms with Gasteiger partial charge in [-0.2, -0.15) is 0 Å². The predicted molar refractivity (Wildman–Crippen MR) is 100 cm³/mol. The highest BCUT2D eigenvalue weighted by atomic mass is 32.2. The lowest BCUT2D eigenvalue weighted by Gasteiger charge is -2.10. The minimum atomic E-state index is -3.94. The van der Waals surface area contributed by atoms with Crippen LogP contribution in [0.25, 0.3) is 0 Å². The van der Waals surface area contributed by atoms with Gasteiger partial charge in [0.15, 0.2) is 0 Å². The van der Waals surface area contributed by atoms with E-state index in [1.807, 2.05) is 0 Å². The monoisotopic (exact) mass is 425 g/mol. The summed E-state index contributed by atoms with van der Waals surface area (Å²) in [6.07, 6.45) is 0. The van der Waals surface area contributed by atoms with E-state index in [1.165, 1.54) is 24.3 Å². The van der Waals surface area contributed by atoms with Gasteiger partial charge in [0.1, 0.15) is 5.82 Å². The fourth-order valence-electron chi connectivity index (χ4n) is 2.22. The van der Waals surface area contributed by atoms with Crippen molar-refractivity contribution in [2.24, 2.45) is 0 Å². The Bertz CT molecular complexity index is 1200. The molecule has 11 heteroatoms. The Balaban J connectivity index is 1.79. The second kappa shape index (κ2) is 7.24. The lowest BCUT2D eigenvalue weighted by Crippen LogP contribution is -2.14. The molecule has 0 aliphatic carbocycles. The van der Waals surface area contributed by atoms with Crippen molar-refractivity contribution in [3.05, 3.63) is 65.6 Å². The Kier molecular flexibility index (Phi) is 5.13. The maximum atomic E-state index is 13.0. The lowest BCUT2D eigenvalue weighted by atomic mass is 10.3. The Labute approximate surface area is 161 Å². The summed E-state index contributed by atoms with van der Waals surface area (Å²) in [6, 6.07) is 9.39. The minimum Gasteiger partial charge on any atom is -0.337 e. The average molecular weight is 425 g/mol. The standard InChI is InChI=1S/C17H16FN3O5S2/c1-11-12(2)19-26-17(11)21-28(24,25)16-9-5-14(6-10-16)20-27(22,23)15-7-3-13(18)4-8-15/h3-10,20-21H,1-2H3. The van der Waals surface area contributed by atoms with E-state index in [1.54, 1.807) is 13.8 Å². The van der Waals surface area contributed by atoms with Crippen LogP contribution in [0.2, 0.25) is 0 Å². The summed E-state index contributed by atoms with van der Waals surface area (Å²) in [5, 5.41) is 3.68. The van der Waals surface area contributed by atoms with Gasteiger partial charge < -0.3 is 4.52 Å². The van der Waals surface area contributed by atoms with Crippen LogP contribution < -0.4 is 9.44 Å². The number of hydrogen-bond donors (Lipinski definition) is 2. The van der Waals surface area contributed by atoms with Gasteiger partial charge in [0.25, 0.3) is 20.0 Å².